The number of carboxylic acids is 1. The van der Waals surface area contributed by atoms with E-state index in [0.29, 0.717) is 30.3 Å². The van der Waals surface area contributed by atoms with Gasteiger partial charge in [0.05, 0.1) is 5.56 Å². The summed E-state index contributed by atoms with van der Waals surface area (Å²) in [6.07, 6.45) is 3.00. The van der Waals surface area contributed by atoms with Crippen LogP contribution in [0.25, 0.3) is 11.4 Å². The average Bonchev–Trinajstić information content (AvgIpc) is 3.10. The summed E-state index contributed by atoms with van der Waals surface area (Å²) >= 11 is 0. The Bertz CT molecular complexity index is 1080. The lowest BCUT2D eigenvalue weighted by molar-refractivity contribution is 0.0697. The van der Waals surface area contributed by atoms with E-state index < -0.39 is 17.6 Å². The molecule has 0 aliphatic carbocycles. The molecule has 5 nitrogen and oxygen atoms in total. The van der Waals surface area contributed by atoms with Crippen LogP contribution in [0.1, 0.15) is 40.2 Å². The van der Waals surface area contributed by atoms with Gasteiger partial charge in [-0.25, -0.2) is 13.6 Å². The molecule has 1 aliphatic heterocycles. The van der Waals surface area contributed by atoms with Crippen LogP contribution in [0.5, 0.6) is 0 Å². The lowest BCUT2D eigenvalue weighted by Gasteiger charge is -2.24. The second-order valence-corrected chi connectivity index (χ2v) is 7.56. The van der Waals surface area contributed by atoms with Gasteiger partial charge in [-0.05, 0) is 61.4 Å². The normalized spacial score (nSPS) is 15.9. The van der Waals surface area contributed by atoms with E-state index in [4.69, 9.17) is 0 Å². The monoisotopic (exact) mass is 397 g/mol. The summed E-state index contributed by atoms with van der Waals surface area (Å²) in [5.74, 6) is -0.203. The number of hydrogen-bond acceptors (Lipinski definition) is 3. The van der Waals surface area contributed by atoms with Gasteiger partial charge in [-0.1, -0.05) is 12.1 Å². The van der Waals surface area contributed by atoms with E-state index in [1.165, 1.54) is 12.1 Å². The SMILES string of the molecule is Cc1ccc(C(=O)O)cc1-c1nnc2n1CC(CCc1ccc(F)cc1F)CC2. The smallest absolute Gasteiger partial charge is 0.335 e. The van der Waals surface area contributed by atoms with Gasteiger partial charge in [-0.2, -0.15) is 0 Å². The molecule has 0 amide bonds. The molecule has 0 radical (unpaired) electrons. The fraction of sp³-hybridized carbons (Fsp3) is 0.318. The molecule has 0 fully saturated rings. The van der Waals surface area contributed by atoms with Crippen LogP contribution >= 0.6 is 0 Å². The van der Waals surface area contributed by atoms with E-state index in [9.17, 15) is 18.7 Å². The zero-order valence-electron chi connectivity index (χ0n) is 16.0. The third-order valence-corrected chi connectivity index (χ3v) is 5.61. The standard InChI is InChI=1S/C22H21F2N3O2/c1-13-2-5-16(22(28)29)10-18(13)21-26-25-20-9-4-14(12-27(20)21)3-6-15-7-8-17(23)11-19(15)24/h2,5,7-8,10-11,14H,3-4,6,9,12H2,1H3,(H,28,29). The number of aryl methyl sites for hydroxylation is 3. The van der Waals surface area contributed by atoms with Crippen LogP contribution in [0.3, 0.4) is 0 Å². The first-order chi connectivity index (χ1) is 13.9. The number of halogens is 2. The van der Waals surface area contributed by atoms with Crippen molar-refractivity contribution in [1.29, 1.82) is 0 Å². The molecule has 29 heavy (non-hydrogen) atoms. The number of benzene rings is 2. The van der Waals surface area contributed by atoms with Gasteiger partial charge >= 0.3 is 5.97 Å². The van der Waals surface area contributed by atoms with Crippen molar-refractivity contribution in [3.05, 3.63) is 70.5 Å². The van der Waals surface area contributed by atoms with Crippen LogP contribution in [0.2, 0.25) is 0 Å². The van der Waals surface area contributed by atoms with E-state index in [1.807, 2.05) is 11.5 Å². The molecule has 1 aromatic heterocycles. The lowest BCUT2D eigenvalue weighted by Crippen LogP contribution is -2.22. The highest BCUT2D eigenvalue weighted by atomic mass is 19.1. The van der Waals surface area contributed by atoms with Gasteiger partial charge in [0.1, 0.15) is 17.5 Å². The maximum atomic E-state index is 13.9. The molecule has 4 rings (SSSR count). The maximum Gasteiger partial charge on any atom is 0.335 e. The molecule has 1 atom stereocenters. The number of fused-ring (bicyclic) bond motifs is 1. The molecule has 2 heterocycles. The van der Waals surface area contributed by atoms with Crippen molar-refractivity contribution in [3.8, 4) is 11.4 Å². The quantitative estimate of drug-likeness (QED) is 0.692. The molecule has 1 aliphatic rings. The minimum Gasteiger partial charge on any atom is -0.478 e. The Kier molecular flexibility index (Phi) is 5.13. The first-order valence-corrected chi connectivity index (χ1v) is 9.62. The fourth-order valence-corrected chi connectivity index (χ4v) is 3.91. The van der Waals surface area contributed by atoms with Gasteiger partial charge in [0, 0.05) is 24.6 Å². The largest absolute Gasteiger partial charge is 0.478 e. The minimum absolute atomic E-state index is 0.210. The summed E-state index contributed by atoms with van der Waals surface area (Å²) in [6.45, 7) is 2.61. The number of aromatic nitrogens is 3. The Hall–Kier alpha value is -3.09. The van der Waals surface area contributed by atoms with Gasteiger partial charge < -0.3 is 9.67 Å². The highest BCUT2D eigenvalue weighted by molar-refractivity contribution is 5.89. The highest BCUT2D eigenvalue weighted by Crippen LogP contribution is 2.30. The molecule has 0 spiro atoms. The van der Waals surface area contributed by atoms with E-state index in [1.54, 1.807) is 18.2 Å². The van der Waals surface area contributed by atoms with Crippen molar-refractivity contribution >= 4 is 5.97 Å². The molecule has 1 unspecified atom stereocenters. The maximum absolute atomic E-state index is 13.9. The van der Waals surface area contributed by atoms with Crippen molar-refractivity contribution in [2.75, 3.05) is 0 Å². The molecule has 0 bridgehead atoms. The molecule has 0 saturated heterocycles. The average molecular weight is 397 g/mol. The number of nitrogens with zero attached hydrogens (tertiary/aromatic N) is 3. The first kappa shape index (κ1) is 19.2. The summed E-state index contributed by atoms with van der Waals surface area (Å²) in [4.78, 5) is 11.3. The van der Waals surface area contributed by atoms with Crippen molar-refractivity contribution in [3.63, 3.8) is 0 Å². The molecular weight excluding hydrogens is 376 g/mol. The number of aromatic carboxylic acids is 1. The molecule has 7 heteroatoms. The Morgan fingerprint density at radius 1 is 1.21 bits per heavy atom. The Morgan fingerprint density at radius 2 is 2.03 bits per heavy atom. The predicted molar refractivity (Wildman–Crippen MR) is 104 cm³/mol. The van der Waals surface area contributed by atoms with Crippen LogP contribution in [-0.2, 0) is 19.4 Å². The summed E-state index contributed by atoms with van der Waals surface area (Å²) in [7, 11) is 0. The third-order valence-electron chi connectivity index (χ3n) is 5.61. The third kappa shape index (κ3) is 3.90. The summed E-state index contributed by atoms with van der Waals surface area (Å²) in [5.41, 5.74) is 2.42. The van der Waals surface area contributed by atoms with Gasteiger partial charge in [-0.3, -0.25) is 0 Å². The van der Waals surface area contributed by atoms with Crippen LogP contribution < -0.4 is 0 Å². The number of rotatable bonds is 5. The van der Waals surface area contributed by atoms with Crippen LogP contribution in [0, 0.1) is 24.5 Å². The van der Waals surface area contributed by atoms with Gasteiger partial charge in [0.25, 0.3) is 0 Å². The van der Waals surface area contributed by atoms with Crippen molar-refractivity contribution < 1.29 is 18.7 Å². The number of hydrogen-bond donors (Lipinski definition) is 1. The molecule has 0 saturated carbocycles. The molecule has 1 N–H and O–H groups in total. The zero-order chi connectivity index (χ0) is 20.5. The summed E-state index contributed by atoms with van der Waals surface area (Å²) in [5, 5.41) is 17.9. The Balaban J connectivity index is 1.55. The Labute approximate surface area is 167 Å². The molecule has 2 aromatic carbocycles. The van der Waals surface area contributed by atoms with Crippen LogP contribution in [-0.4, -0.2) is 25.8 Å². The van der Waals surface area contributed by atoms with Gasteiger partial charge in [0.15, 0.2) is 5.82 Å². The summed E-state index contributed by atoms with van der Waals surface area (Å²) in [6, 6.07) is 8.70. The topological polar surface area (TPSA) is 68.0 Å². The van der Waals surface area contributed by atoms with Crippen LogP contribution in [0.4, 0.5) is 8.78 Å². The fourth-order valence-electron chi connectivity index (χ4n) is 3.91. The van der Waals surface area contributed by atoms with Gasteiger partial charge in [0.2, 0.25) is 0 Å². The molecule has 150 valence electrons. The second kappa shape index (κ2) is 7.73. The van der Waals surface area contributed by atoms with Crippen molar-refractivity contribution in [1.82, 2.24) is 14.8 Å². The van der Waals surface area contributed by atoms with Crippen molar-refractivity contribution in [2.45, 2.75) is 39.2 Å². The molecule has 3 aromatic rings. The summed E-state index contributed by atoms with van der Waals surface area (Å²) < 4.78 is 29.1. The number of carbonyl (C=O) groups is 1. The van der Waals surface area contributed by atoms with Crippen LogP contribution in [0.15, 0.2) is 36.4 Å². The highest BCUT2D eigenvalue weighted by Gasteiger charge is 2.24. The zero-order valence-corrected chi connectivity index (χ0v) is 16.0. The number of carboxylic acid groups (broad SMARTS) is 1. The van der Waals surface area contributed by atoms with Gasteiger partial charge in [-0.15, -0.1) is 10.2 Å². The predicted octanol–water partition coefficient (Wildman–Crippen LogP) is 4.43. The van der Waals surface area contributed by atoms with E-state index in [0.717, 1.165) is 42.3 Å². The van der Waals surface area contributed by atoms with E-state index in [-0.39, 0.29) is 5.56 Å². The Morgan fingerprint density at radius 3 is 2.79 bits per heavy atom. The van der Waals surface area contributed by atoms with E-state index >= 15 is 0 Å². The van der Waals surface area contributed by atoms with Crippen molar-refractivity contribution in [2.24, 2.45) is 5.92 Å². The minimum atomic E-state index is -0.983. The first-order valence-electron chi connectivity index (χ1n) is 9.62. The second-order valence-electron chi connectivity index (χ2n) is 7.56. The lowest BCUT2D eigenvalue weighted by atomic mass is 9.92. The molecular formula is C22H21F2N3O2. The van der Waals surface area contributed by atoms with E-state index in [2.05, 4.69) is 10.2 Å².